The zero-order valence-electron chi connectivity index (χ0n) is 20.6. The van der Waals surface area contributed by atoms with Crippen LogP contribution in [0.25, 0.3) is 0 Å². The summed E-state index contributed by atoms with van der Waals surface area (Å²) in [6, 6.07) is 8.96. The molecule has 0 saturated carbocycles. The average molecular weight is 553 g/mol. The molecule has 3 rings (SSSR count). The normalized spacial score (nSPS) is 19.5. The van der Waals surface area contributed by atoms with E-state index in [-0.39, 0.29) is 24.0 Å². The van der Waals surface area contributed by atoms with Gasteiger partial charge in [0.25, 0.3) is 0 Å². The zero-order valence-corrected chi connectivity index (χ0v) is 22.9. The molecule has 0 bridgehead atoms. The number of likely N-dealkylation sites (tertiary alicyclic amines) is 1. The lowest BCUT2D eigenvalue weighted by Gasteiger charge is -2.35. The van der Waals surface area contributed by atoms with Gasteiger partial charge in [-0.15, -0.1) is 24.0 Å². The third-order valence-electron chi connectivity index (χ3n) is 6.23. The van der Waals surface area contributed by atoms with Crippen molar-refractivity contribution in [1.29, 1.82) is 0 Å². The predicted molar refractivity (Wildman–Crippen MR) is 144 cm³/mol. The van der Waals surface area contributed by atoms with E-state index in [9.17, 15) is 0 Å². The van der Waals surface area contributed by atoms with E-state index in [0.717, 1.165) is 43.1 Å². The molecule has 1 aliphatic rings. The van der Waals surface area contributed by atoms with Crippen LogP contribution in [0.2, 0.25) is 0 Å². The van der Waals surface area contributed by atoms with Gasteiger partial charge in [-0.05, 0) is 50.2 Å². The van der Waals surface area contributed by atoms with Crippen LogP contribution < -0.4 is 10.6 Å². The lowest BCUT2D eigenvalue weighted by Crippen LogP contribution is -2.38. The second-order valence-corrected chi connectivity index (χ2v) is 9.28. The number of guanidine groups is 1. The molecular weight excluding hydrogens is 511 g/mol. The highest BCUT2D eigenvalue weighted by Gasteiger charge is 2.21. The van der Waals surface area contributed by atoms with Crippen molar-refractivity contribution < 1.29 is 0 Å². The predicted octanol–water partition coefficient (Wildman–Crippen LogP) is 4.39. The van der Waals surface area contributed by atoms with E-state index < -0.39 is 0 Å². The number of aryl methyl sites for hydroxylation is 2. The summed E-state index contributed by atoms with van der Waals surface area (Å²) in [4.78, 5) is 7.39. The van der Waals surface area contributed by atoms with Crippen molar-refractivity contribution in [2.24, 2.45) is 23.9 Å². The maximum atomic E-state index is 4.79. The minimum Gasteiger partial charge on any atom is -0.357 e. The van der Waals surface area contributed by atoms with Crippen molar-refractivity contribution in [2.45, 2.75) is 60.7 Å². The number of aromatic nitrogens is 2. The van der Waals surface area contributed by atoms with Crippen LogP contribution in [0.1, 0.15) is 55.3 Å². The number of benzene rings is 1. The van der Waals surface area contributed by atoms with Crippen LogP contribution in [0.5, 0.6) is 0 Å². The second-order valence-electron chi connectivity index (χ2n) is 9.28. The lowest BCUT2D eigenvalue weighted by atomic mass is 9.91. The Balaban J connectivity index is 0.00000363. The van der Waals surface area contributed by atoms with Gasteiger partial charge in [0.05, 0.1) is 12.2 Å². The summed E-state index contributed by atoms with van der Waals surface area (Å²) in [5.74, 6) is 2.44. The van der Waals surface area contributed by atoms with E-state index in [0.29, 0.717) is 6.54 Å². The largest absolute Gasteiger partial charge is 0.357 e. The first-order valence-corrected chi connectivity index (χ1v) is 11.7. The molecule has 7 heteroatoms. The number of hydrogen-bond acceptors (Lipinski definition) is 3. The molecule has 2 aromatic rings. The van der Waals surface area contributed by atoms with Gasteiger partial charge in [0.1, 0.15) is 0 Å². The third kappa shape index (κ3) is 7.47. The molecule has 0 amide bonds. The minimum absolute atomic E-state index is 0. The van der Waals surface area contributed by atoms with E-state index in [2.05, 4.69) is 79.5 Å². The molecule has 2 atom stereocenters. The van der Waals surface area contributed by atoms with Crippen LogP contribution in [-0.2, 0) is 26.7 Å². The average Bonchev–Trinajstić information content (AvgIpc) is 2.96. The lowest BCUT2D eigenvalue weighted by molar-refractivity contribution is 0.134. The maximum Gasteiger partial charge on any atom is 0.191 e. The van der Waals surface area contributed by atoms with E-state index in [4.69, 9.17) is 4.99 Å². The molecule has 0 spiro atoms. The fourth-order valence-electron chi connectivity index (χ4n) is 4.69. The van der Waals surface area contributed by atoms with E-state index in [1.807, 2.05) is 11.7 Å². The number of nitrogens with zero attached hydrogens (tertiary/aromatic N) is 4. The van der Waals surface area contributed by atoms with Crippen molar-refractivity contribution >= 4 is 29.9 Å². The van der Waals surface area contributed by atoms with Gasteiger partial charge in [-0.1, -0.05) is 38.1 Å². The molecule has 1 saturated heterocycles. The van der Waals surface area contributed by atoms with Crippen molar-refractivity contribution in [3.8, 4) is 0 Å². The van der Waals surface area contributed by atoms with Crippen molar-refractivity contribution in [2.75, 3.05) is 19.6 Å². The summed E-state index contributed by atoms with van der Waals surface area (Å²) in [7, 11) is 1.99. The summed E-state index contributed by atoms with van der Waals surface area (Å²) in [6.07, 6.45) is 1.36. The molecule has 1 aliphatic heterocycles. The van der Waals surface area contributed by atoms with Crippen LogP contribution in [-0.4, -0.2) is 40.3 Å². The summed E-state index contributed by atoms with van der Waals surface area (Å²) in [5.41, 5.74) is 6.11. The van der Waals surface area contributed by atoms with Gasteiger partial charge in [0, 0.05) is 51.0 Å². The van der Waals surface area contributed by atoms with Crippen LogP contribution in [0.4, 0.5) is 0 Å². The van der Waals surface area contributed by atoms with Crippen molar-refractivity contribution in [3.05, 3.63) is 52.3 Å². The fourth-order valence-corrected chi connectivity index (χ4v) is 4.69. The highest BCUT2D eigenvalue weighted by atomic mass is 127. The van der Waals surface area contributed by atoms with E-state index >= 15 is 0 Å². The number of halogens is 1. The third-order valence-corrected chi connectivity index (χ3v) is 6.23. The fraction of sp³-hybridized carbons (Fsp3) is 0.600. The van der Waals surface area contributed by atoms with Gasteiger partial charge in [-0.3, -0.25) is 9.58 Å². The van der Waals surface area contributed by atoms with Gasteiger partial charge in [-0.2, -0.15) is 5.10 Å². The summed E-state index contributed by atoms with van der Waals surface area (Å²) < 4.78 is 1.93. The van der Waals surface area contributed by atoms with Gasteiger partial charge >= 0.3 is 0 Å². The molecule has 2 heterocycles. The first-order chi connectivity index (χ1) is 14.9. The van der Waals surface area contributed by atoms with E-state index in [1.54, 1.807) is 0 Å². The molecule has 1 fully saturated rings. The van der Waals surface area contributed by atoms with Gasteiger partial charge in [0.15, 0.2) is 5.96 Å². The highest BCUT2D eigenvalue weighted by molar-refractivity contribution is 14.0. The Labute approximate surface area is 211 Å². The molecule has 0 aliphatic carbocycles. The molecule has 2 N–H and O–H groups in total. The maximum absolute atomic E-state index is 4.79. The number of nitrogens with one attached hydrogen (secondary N) is 2. The minimum atomic E-state index is 0. The molecule has 0 radical (unpaired) electrons. The molecule has 178 valence electrons. The van der Waals surface area contributed by atoms with Gasteiger partial charge in [0.2, 0.25) is 0 Å². The molecular formula is C25H41IN6. The summed E-state index contributed by atoms with van der Waals surface area (Å²) >= 11 is 0. The number of rotatable bonds is 7. The Kier molecular flexibility index (Phi) is 10.5. The SMILES string of the molecule is CCNC(=NCc1ccc(CN2CC(C)CC(C)C2)cc1)NCc1c(C)nn(C)c1C.I. The number of aliphatic imine (C=N–C) groups is 1. The standard InChI is InChI=1S/C25H40N6.HI/c1-7-26-25(28-14-24-20(4)29-30(6)21(24)5)27-13-22-8-10-23(11-9-22)17-31-15-18(2)12-19(3)16-31;/h8-11,18-19H,7,12-17H2,1-6H3,(H2,26,27,28);1H. The monoisotopic (exact) mass is 552 g/mol. The summed E-state index contributed by atoms with van der Waals surface area (Å²) in [6.45, 7) is 16.7. The molecule has 6 nitrogen and oxygen atoms in total. The Hall–Kier alpha value is -1.61. The smallest absolute Gasteiger partial charge is 0.191 e. The van der Waals surface area contributed by atoms with Gasteiger partial charge in [-0.25, -0.2) is 4.99 Å². The Morgan fingerprint density at radius 1 is 1.06 bits per heavy atom. The topological polar surface area (TPSA) is 57.5 Å². The Morgan fingerprint density at radius 2 is 1.69 bits per heavy atom. The first kappa shape index (κ1) is 26.6. The second kappa shape index (κ2) is 12.6. The van der Waals surface area contributed by atoms with Crippen LogP contribution in [0.3, 0.4) is 0 Å². The Bertz CT molecular complexity index is 863. The summed E-state index contributed by atoms with van der Waals surface area (Å²) in [5, 5.41) is 11.3. The van der Waals surface area contributed by atoms with Crippen LogP contribution in [0.15, 0.2) is 29.3 Å². The molecule has 1 aromatic heterocycles. The van der Waals surface area contributed by atoms with Crippen LogP contribution in [0, 0.1) is 25.7 Å². The first-order valence-electron chi connectivity index (χ1n) is 11.7. The van der Waals surface area contributed by atoms with Crippen molar-refractivity contribution in [3.63, 3.8) is 0 Å². The Morgan fingerprint density at radius 3 is 2.25 bits per heavy atom. The van der Waals surface area contributed by atoms with Crippen molar-refractivity contribution in [1.82, 2.24) is 25.3 Å². The zero-order chi connectivity index (χ0) is 22.4. The number of piperidine rings is 1. The molecule has 2 unspecified atom stereocenters. The van der Waals surface area contributed by atoms with Gasteiger partial charge < -0.3 is 10.6 Å². The number of hydrogen-bond donors (Lipinski definition) is 2. The highest BCUT2D eigenvalue weighted by Crippen LogP contribution is 2.22. The molecule has 1 aromatic carbocycles. The van der Waals surface area contributed by atoms with Crippen LogP contribution >= 0.6 is 24.0 Å². The quantitative estimate of drug-likeness (QED) is 0.304. The van der Waals surface area contributed by atoms with E-state index in [1.165, 1.54) is 41.9 Å². The molecule has 32 heavy (non-hydrogen) atoms.